The van der Waals surface area contributed by atoms with Gasteiger partial charge in [-0.25, -0.2) is 4.79 Å². The fourth-order valence-corrected chi connectivity index (χ4v) is 3.92. The number of hydrogen-bond acceptors (Lipinski definition) is 10. The highest BCUT2D eigenvalue weighted by atomic mass is 16.8. The third-order valence-corrected chi connectivity index (χ3v) is 5.55. The second-order valence-electron chi connectivity index (χ2n) is 7.05. The number of methoxy groups -OCH3 is 1. The van der Waals surface area contributed by atoms with Crippen LogP contribution in [0.5, 0.6) is 0 Å². The normalized spacial score (nSPS) is 44.3. The average Bonchev–Trinajstić information content (AvgIpc) is 2.96. The lowest BCUT2D eigenvalue weighted by atomic mass is 9.83. The van der Waals surface area contributed by atoms with Crippen LogP contribution in [0.15, 0.2) is 11.8 Å². The number of aliphatic hydroxyl groups is 4. The van der Waals surface area contributed by atoms with Crippen molar-refractivity contribution in [1.29, 1.82) is 0 Å². The van der Waals surface area contributed by atoms with Crippen molar-refractivity contribution in [2.45, 2.75) is 50.3 Å². The Morgan fingerprint density at radius 3 is 2.56 bits per heavy atom. The monoisotopic (exact) mass is 388 g/mol. The van der Waals surface area contributed by atoms with E-state index in [0.29, 0.717) is 0 Å². The molecular formula is C17H24O10. The van der Waals surface area contributed by atoms with E-state index in [9.17, 15) is 30.0 Å². The second-order valence-corrected chi connectivity index (χ2v) is 7.05. The van der Waals surface area contributed by atoms with E-state index in [1.807, 2.05) is 0 Å². The maximum Gasteiger partial charge on any atom is 0.337 e. The summed E-state index contributed by atoms with van der Waals surface area (Å²) in [4.78, 5) is 24.2. The van der Waals surface area contributed by atoms with Crippen molar-refractivity contribution in [1.82, 2.24) is 0 Å². The average molecular weight is 388 g/mol. The standard InChI is InChI=1S/C17H24O10/c1-6-9(19)3-7-8(15(23)24-2)5-25-16(11(6)7)27-17-14(22)13(21)12(20)10(4-18)26-17/h5-7,10-14,16-18,20-22H,3-4H2,1-2H3/t6-,7+,10-,11-,12+,13+,14-,16-,17-/m0/s1. The molecule has 1 saturated carbocycles. The number of carbonyl (C=O) groups excluding carboxylic acids is 2. The minimum Gasteiger partial charge on any atom is -0.472 e. The van der Waals surface area contributed by atoms with Gasteiger partial charge >= 0.3 is 5.97 Å². The van der Waals surface area contributed by atoms with Crippen LogP contribution < -0.4 is 0 Å². The Bertz CT molecular complexity index is 617. The van der Waals surface area contributed by atoms with Crippen LogP contribution in [0.25, 0.3) is 0 Å². The lowest BCUT2D eigenvalue weighted by Crippen LogP contribution is -2.60. The Balaban J connectivity index is 1.81. The molecule has 3 aliphatic rings. The van der Waals surface area contributed by atoms with Crippen LogP contribution in [0.2, 0.25) is 0 Å². The molecule has 1 saturated heterocycles. The molecule has 3 rings (SSSR count). The predicted octanol–water partition coefficient (Wildman–Crippen LogP) is -1.94. The van der Waals surface area contributed by atoms with Gasteiger partial charge in [-0.15, -0.1) is 0 Å². The van der Waals surface area contributed by atoms with E-state index in [1.54, 1.807) is 6.92 Å². The molecule has 2 heterocycles. The number of Topliss-reactive ketones (excluding diaryl/α,β-unsaturated/α-hetero) is 1. The third kappa shape index (κ3) is 3.48. The molecule has 0 bridgehead atoms. The highest BCUT2D eigenvalue weighted by Gasteiger charge is 2.53. The van der Waals surface area contributed by atoms with Crippen molar-refractivity contribution in [3.05, 3.63) is 11.8 Å². The van der Waals surface area contributed by atoms with Gasteiger partial charge in [0, 0.05) is 24.2 Å². The molecule has 152 valence electrons. The summed E-state index contributed by atoms with van der Waals surface area (Å²) in [5.74, 6) is -2.13. The lowest BCUT2D eigenvalue weighted by molar-refractivity contribution is -0.342. The Labute approximate surface area is 155 Å². The molecule has 10 heteroatoms. The van der Waals surface area contributed by atoms with Crippen LogP contribution in [0.4, 0.5) is 0 Å². The molecule has 0 aromatic heterocycles. The Morgan fingerprint density at radius 1 is 1.22 bits per heavy atom. The first kappa shape index (κ1) is 20.2. The molecule has 1 aliphatic carbocycles. The van der Waals surface area contributed by atoms with Crippen molar-refractivity contribution >= 4 is 11.8 Å². The zero-order chi connectivity index (χ0) is 19.9. The summed E-state index contributed by atoms with van der Waals surface area (Å²) in [5.41, 5.74) is 0.230. The lowest BCUT2D eigenvalue weighted by Gasteiger charge is -2.42. The molecule has 0 radical (unpaired) electrons. The largest absolute Gasteiger partial charge is 0.472 e. The molecule has 0 unspecified atom stereocenters. The predicted molar refractivity (Wildman–Crippen MR) is 85.6 cm³/mol. The van der Waals surface area contributed by atoms with Crippen molar-refractivity contribution < 1.29 is 49.0 Å². The number of ketones is 1. The summed E-state index contributed by atoms with van der Waals surface area (Å²) in [6.07, 6.45) is -6.96. The number of ether oxygens (including phenoxy) is 4. The van der Waals surface area contributed by atoms with Gasteiger partial charge in [0.05, 0.1) is 25.6 Å². The van der Waals surface area contributed by atoms with Gasteiger partial charge in [-0.1, -0.05) is 6.92 Å². The van der Waals surface area contributed by atoms with Crippen molar-refractivity contribution in [3.8, 4) is 0 Å². The minimum atomic E-state index is -1.59. The van der Waals surface area contributed by atoms with Crippen LogP contribution in [0.1, 0.15) is 13.3 Å². The quantitative estimate of drug-likeness (QED) is 0.400. The molecule has 9 atom stereocenters. The van der Waals surface area contributed by atoms with Crippen molar-refractivity contribution in [3.63, 3.8) is 0 Å². The second kappa shape index (κ2) is 7.82. The topological polar surface area (TPSA) is 152 Å². The molecule has 27 heavy (non-hydrogen) atoms. The summed E-state index contributed by atoms with van der Waals surface area (Å²) in [6, 6.07) is 0. The molecule has 4 N–H and O–H groups in total. The number of aliphatic hydroxyl groups excluding tert-OH is 4. The zero-order valence-electron chi connectivity index (χ0n) is 14.9. The molecule has 10 nitrogen and oxygen atoms in total. The maximum atomic E-state index is 12.2. The number of rotatable bonds is 4. The van der Waals surface area contributed by atoms with Gasteiger partial charge in [0.25, 0.3) is 0 Å². The van der Waals surface area contributed by atoms with Crippen LogP contribution in [-0.4, -0.2) is 82.9 Å². The van der Waals surface area contributed by atoms with Crippen LogP contribution in [0, 0.1) is 17.8 Å². The van der Waals surface area contributed by atoms with Crippen molar-refractivity contribution in [2.24, 2.45) is 17.8 Å². The van der Waals surface area contributed by atoms with Gasteiger partial charge in [0.15, 0.2) is 6.29 Å². The molecule has 0 aromatic carbocycles. The van der Waals surface area contributed by atoms with E-state index in [2.05, 4.69) is 0 Å². The minimum absolute atomic E-state index is 0.0623. The number of esters is 1. The first-order chi connectivity index (χ1) is 12.8. The van der Waals surface area contributed by atoms with Crippen LogP contribution >= 0.6 is 0 Å². The zero-order valence-corrected chi connectivity index (χ0v) is 14.9. The number of fused-ring (bicyclic) bond motifs is 1. The van der Waals surface area contributed by atoms with E-state index in [0.717, 1.165) is 0 Å². The highest BCUT2D eigenvalue weighted by Crippen LogP contribution is 2.45. The van der Waals surface area contributed by atoms with E-state index in [1.165, 1.54) is 13.4 Å². The number of carbonyl (C=O) groups is 2. The van der Waals surface area contributed by atoms with Gasteiger partial charge in [-0.2, -0.15) is 0 Å². The number of hydrogen-bond donors (Lipinski definition) is 4. The molecule has 0 spiro atoms. The van der Waals surface area contributed by atoms with E-state index >= 15 is 0 Å². The van der Waals surface area contributed by atoms with Gasteiger partial charge < -0.3 is 39.4 Å². The first-order valence-corrected chi connectivity index (χ1v) is 8.72. The van der Waals surface area contributed by atoms with Gasteiger partial charge in [0.2, 0.25) is 6.29 Å². The summed E-state index contributed by atoms with van der Waals surface area (Å²) >= 11 is 0. The van der Waals surface area contributed by atoms with Gasteiger partial charge in [-0.3, -0.25) is 4.79 Å². The molecule has 2 fully saturated rings. The first-order valence-electron chi connectivity index (χ1n) is 8.72. The molecular weight excluding hydrogens is 364 g/mol. The van der Waals surface area contributed by atoms with E-state index in [4.69, 9.17) is 18.9 Å². The molecule has 0 aromatic rings. The Hall–Kier alpha value is -1.56. The third-order valence-electron chi connectivity index (χ3n) is 5.55. The Morgan fingerprint density at radius 2 is 1.93 bits per heavy atom. The van der Waals surface area contributed by atoms with Crippen molar-refractivity contribution in [2.75, 3.05) is 13.7 Å². The maximum absolute atomic E-state index is 12.2. The van der Waals surface area contributed by atoms with E-state index < -0.39 is 67.3 Å². The fourth-order valence-electron chi connectivity index (χ4n) is 3.92. The fraction of sp³-hybridized carbons (Fsp3) is 0.765. The van der Waals surface area contributed by atoms with Crippen LogP contribution in [0.3, 0.4) is 0 Å². The Kier molecular flexibility index (Phi) is 5.84. The summed E-state index contributed by atoms with van der Waals surface area (Å²) < 4.78 is 21.2. The molecule has 2 aliphatic heterocycles. The van der Waals surface area contributed by atoms with E-state index in [-0.39, 0.29) is 17.8 Å². The molecule has 0 amide bonds. The summed E-state index contributed by atoms with van der Waals surface area (Å²) in [7, 11) is 1.23. The SMILES string of the molecule is COC(=O)C1=CO[C@@H](O[C@@H]2O[C@@H](CO)[C@@H](O)[C@@H](O)[C@@H]2O)[C@@H]2[C@@H]1CC(=O)[C@@H]2C. The smallest absolute Gasteiger partial charge is 0.337 e. The summed E-state index contributed by atoms with van der Waals surface area (Å²) in [6.45, 7) is 1.10. The highest BCUT2D eigenvalue weighted by molar-refractivity contribution is 5.92. The van der Waals surface area contributed by atoms with Crippen LogP contribution in [-0.2, 0) is 28.5 Å². The van der Waals surface area contributed by atoms with Gasteiger partial charge in [0.1, 0.15) is 30.2 Å². The van der Waals surface area contributed by atoms with Gasteiger partial charge in [-0.05, 0) is 0 Å². The summed E-state index contributed by atoms with van der Waals surface area (Å²) in [5, 5.41) is 39.1.